The highest BCUT2D eigenvalue weighted by molar-refractivity contribution is 6.05. The van der Waals surface area contributed by atoms with Gasteiger partial charge in [0.05, 0.1) is 0 Å². The third-order valence-electron chi connectivity index (χ3n) is 4.60. The van der Waals surface area contributed by atoms with Gasteiger partial charge in [-0.1, -0.05) is 38.1 Å². The lowest BCUT2D eigenvalue weighted by Gasteiger charge is -2.15. The summed E-state index contributed by atoms with van der Waals surface area (Å²) < 4.78 is 0. The zero-order valence-corrected chi connectivity index (χ0v) is 13.4. The topological polar surface area (TPSA) is 29.1 Å². The monoisotopic (exact) mass is 293 g/mol. The fourth-order valence-corrected chi connectivity index (χ4v) is 3.30. The number of hydrogen-bond donors (Lipinski definition) is 1. The molecule has 2 nitrogen and oxygen atoms in total. The van der Waals surface area contributed by atoms with Gasteiger partial charge in [0.1, 0.15) is 0 Å². The van der Waals surface area contributed by atoms with Crippen molar-refractivity contribution in [1.82, 2.24) is 0 Å². The van der Waals surface area contributed by atoms with Crippen LogP contribution in [0.25, 0.3) is 0 Å². The minimum atomic E-state index is 0.00491. The normalized spacial score (nSPS) is 13.0. The zero-order valence-electron chi connectivity index (χ0n) is 13.4. The largest absolute Gasteiger partial charge is 0.321 e. The Labute approximate surface area is 132 Å². The van der Waals surface area contributed by atoms with Crippen LogP contribution in [0.5, 0.6) is 0 Å². The van der Waals surface area contributed by atoms with Gasteiger partial charge in [-0.25, -0.2) is 0 Å². The first-order valence-corrected chi connectivity index (χ1v) is 8.26. The van der Waals surface area contributed by atoms with Crippen molar-refractivity contribution in [3.8, 4) is 0 Å². The molecule has 0 bridgehead atoms. The highest BCUT2D eigenvalue weighted by atomic mass is 16.1. The summed E-state index contributed by atoms with van der Waals surface area (Å²) in [5.41, 5.74) is 6.92. The summed E-state index contributed by atoms with van der Waals surface area (Å²) in [5.74, 6) is 0.00491. The van der Waals surface area contributed by atoms with E-state index in [9.17, 15) is 4.79 Å². The summed E-state index contributed by atoms with van der Waals surface area (Å²) in [6, 6.07) is 12.4. The molecule has 0 radical (unpaired) electrons. The molecule has 3 rings (SSSR count). The first kappa shape index (κ1) is 14.8. The number of carbonyl (C=O) groups excluding carboxylic acids is 1. The van der Waals surface area contributed by atoms with Crippen LogP contribution in [0.1, 0.15) is 52.9 Å². The van der Waals surface area contributed by atoms with E-state index in [0.717, 1.165) is 36.9 Å². The van der Waals surface area contributed by atoms with Crippen molar-refractivity contribution in [3.05, 3.63) is 64.2 Å². The molecule has 0 aromatic heterocycles. The number of amides is 1. The Morgan fingerprint density at radius 2 is 1.68 bits per heavy atom. The molecule has 0 spiro atoms. The lowest BCUT2D eigenvalue weighted by atomic mass is 10.0. The van der Waals surface area contributed by atoms with Gasteiger partial charge in [0.2, 0.25) is 0 Å². The molecule has 0 fully saturated rings. The maximum absolute atomic E-state index is 12.6. The second kappa shape index (κ2) is 6.35. The van der Waals surface area contributed by atoms with Crippen LogP contribution in [0.3, 0.4) is 0 Å². The van der Waals surface area contributed by atoms with E-state index in [1.165, 1.54) is 28.7 Å². The van der Waals surface area contributed by atoms with E-state index in [0.29, 0.717) is 0 Å². The number of nitrogens with one attached hydrogen (secondary N) is 1. The number of fused-ring (bicyclic) bond motifs is 1. The zero-order chi connectivity index (χ0) is 15.5. The molecule has 2 heteroatoms. The van der Waals surface area contributed by atoms with E-state index in [1.54, 1.807) is 0 Å². The van der Waals surface area contributed by atoms with Crippen LogP contribution in [0.2, 0.25) is 0 Å². The average molecular weight is 293 g/mol. The lowest BCUT2D eigenvalue weighted by Crippen LogP contribution is -2.15. The van der Waals surface area contributed by atoms with Gasteiger partial charge in [-0.15, -0.1) is 0 Å². The Morgan fingerprint density at radius 1 is 1.00 bits per heavy atom. The summed E-state index contributed by atoms with van der Waals surface area (Å²) in [7, 11) is 0. The fourth-order valence-electron chi connectivity index (χ4n) is 3.30. The molecule has 1 aliphatic carbocycles. The maximum Gasteiger partial charge on any atom is 0.255 e. The van der Waals surface area contributed by atoms with Crippen LogP contribution >= 0.6 is 0 Å². The smallest absolute Gasteiger partial charge is 0.255 e. The quantitative estimate of drug-likeness (QED) is 0.880. The van der Waals surface area contributed by atoms with Gasteiger partial charge in [-0.05, 0) is 66.5 Å². The molecule has 1 amide bonds. The number of benzene rings is 2. The van der Waals surface area contributed by atoms with Crippen molar-refractivity contribution >= 4 is 11.6 Å². The Balaban J connectivity index is 1.88. The number of aryl methyl sites for hydroxylation is 4. The Hall–Kier alpha value is -2.09. The van der Waals surface area contributed by atoms with Gasteiger partial charge >= 0.3 is 0 Å². The molecule has 0 saturated carbocycles. The number of rotatable bonds is 4. The molecule has 0 heterocycles. The molecule has 2 aromatic rings. The van der Waals surface area contributed by atoms with E-state index in [2.05, 4.69) is 49.5 Å². The maximum atomic E-state index is 12.6. The third kappa shape index (κ3) is 2.78. The SMILES string of the molecule is CCc1cccc(CC)c1NC(=O)c1ccc2c(c1)CCC2. The molecule has 1 aliphatic rings. The summed E-state index contributed by atoms with van der Waals surface area (Å²) in [4.78, 5) is 12.6. The van der Waals surface area contributed by atoms with E-state index in [4.69, 9.17) is 0 Å². The second-order valence-electron chi connectivity index (χ2n) is 5.95. The summed E-state index contributed by atoms with van der Waals surface area (Å²) in [6.45, 7) is 4.25. The summed E-state index contributed by atoms with van der Waals surface area (Å²) >= 11 is 0. The van der Waals surface area contributed by atoms with Gasteiger partial charge < -0.3 is 5.32 Å². The number of hydrogen-bond acceptors (Lipinski definition) is 1. The van der Waals surface area contributed by atoms with Crippen LogP contribution in [-0.4, -0.2) is 5.91 Å². The molecular weight excluding hydrogens is 270 g/mol. The van der Waals surface area contributed by atoms with Crippen molar-refractivity contribution in [2.24, 2.45) is 0 Å². The molecule has 2 aromatic carbocycles. The average Bonchev–Trinajstić information content (AvgIpc) is 3.02. The van der Waals surface area contributed by atoms with Crippen molar-refractivity contribution < 1.29 is 4.79 Å². The van der Waals surface area contributed by atoms with Gasteiger partial charge in [-0.3, -0.25) is 4.79 Å². The summed E-state index contributed by atoms with van der Waals surface area (Å²) in [5, 5.41) is 3.15. The van der Waals surface area contributed by atoms with Gasteiger partial charge in [0.15, 0.2) is 0 Å². The lowest BCUT2D eigenvalue weighted by molar-refractivity contribution is 0.102. The van der Waals surface area contributed by atoms with Crippen molar-refractivity contribution in [2.45, 2.75) is 46.0 Å². The number of para-hydroxylation sites is 1. The van der Waals surface area contributed by atoms with Gasteiger partial charge in [-0.2, -0.15) is 0 Å². The molecule has 1 N–H and O–H groups in total. The Morgan fingerprint density at radius 3 is 2.36 bits per heavy atom. The first-order chi connectivity index (χ1) is 10.7. The van der Waals surface area contributed by atoms with Crippen LogP contribution < -0.4 is 5.32 Å². The second-order valence-corrected chi connectivity index (χ2v) is 5.95. The molecule has 22 heavy (non-hydrogen) atoms. The van der Waals surface area contributed by atoms with Crippen molar-refractivity contribution in [2.75, 3.05) is 5.32 Å². The van der Waals surface area contributed by atoms with E-state index < -0.39 is 0 Å². The Bertz CT molecular complexity index is 681. The minimum Gasteiger partial charge on any atom is -0.321 e. The minimum absolute atomic E-state index is 0.00491. The van der Waals surface area contributed by atoms with E-state index in [1.807, 2.05) is 6.07 Å². The molecule has 0 atom stereocenters. The fraction of sp³-hybridized carbons (Fsp3) is 0.350. The molecule has 114 valence electrons. The predicted octanol–water partition coefficient (Wildman–Crippen LogP) is 4.55. The van der Waals surface area contributed by atoms with E-state index >= 15 is 0 Å². The van der Waals surface area contributed by atoms with Crippen molar-refractivity contribution in [3.63, 3.8) is 0 Å². The van der Waals surface area contributed by atoms with Crippen LogP contribution in [0.15, 0.2) is 36.4 Å². The van der Waals surface area contributed by atoms with Gasteiger partial charge in [0.25, 0.3) is 5.91 Å². The molecule has 0 saturated heterocycles. The number of carbonyl (C=O) groups is 1. The standard InChI is InChI=1S/C20H23NO/c1-3-14-7-5-8-15(4-2)19(14)21-20(22)18-12-11-16-9-6-10-17(16)13-18/h5,7-8,11-13H,3-4,6,9-10H2,1-2H3,(H,21,22). The van der Waals surface area contributed by atoms with Crippen LogP contribution in [-0.2, 0) is 25.7 Å². The van der Waals surface area contributed by atoms with E-state index in [-0.39, 0.29) is 5.91 Å². The van der Waals surface area contributed by atoms with Gasteiger partial charge in [0, 0.05) is 11.3 Å². The molecular formula is C20H23NO. The molecule has 0 aliphatic heterocycles. The van der Waals surface area contributed by atoms with Crippen LogP contribution in [0, 0.1) is 0 Å². The highest BCUT2D eigenvalue weighted by Crippen LogP contribution is 2.25. The third-order valence-corrected chi connectivity index (χ3v) is 4.60. The van der Waals surface area contributed by atoms with Crippen molar-refractivity contribution in [1.29, 1.82) is 0 Å². The van der Waals surface area contributed by atoms with Crippen LogP contribution in [0.4, 0.5) is 5.69 Å². The summed E-state index contributed by atoms with van der Waals surface area (Å²) in [6.07, 6.45) is 5.30. The number of anilines is 1. The first-order valence-electron chi connectivity index (χ1n) is 8.26. The predicted molar refractivity (Wildman–Crippen MR) is 91.6 cm³/mol. The Kier molecular flexibility index (Phi) is 4.28. The molecule has 0 unspecified atom stereocenters. The highest BCUT2D eigenvalue weighted by Gasteiger charge is 2.15.